The lowest BCUT2D eigenvalue weighted by Gasteiger charge is -2.25. The van der Waals surface area contributed by atoms with Crippen molar-refractivity contribution in [3.63, 3.8) is 0 Å². The Hall–Kier alpha value is -3.22. The molecule has 2 N–H and O–H groups in total. The van der Waals surface area contributed by atoms with Crippen LogP contribution in [0.15, 0.2) is 67.5 Å². The number of aliphatic hydroxyl groups excluding tert-OH is 2. The highest BCUT2D eigenvalue weighted by molar-refractivity contribution is 5.74. The molecule has 2 aliphatic carbocycles. The van der Waals surface area contributed by atoms with E-state index in [2.05, 4.69) is 61.6 Å². The van der Waals surface area contributed by atoms with Crippen LogP contribution in [0, 0.1) is 11.8 Å². The Morgan fingerprint density at radius 3 is 2.25 bits per heavy atom. The van der Waals surface area contributed by atoms with Crippen molar-refractivity contribution in [3.8, 4) is 22.5 Å². The summed E-state index contributed by atoms with van der Waals surface area (Å²) >= 11 is 0. The number of benzene rings is 2. The SMILES string of the molecule is O[C@H]1CCC[C@@H]1[C@H]1c2cccc(C3C[C@@H]([C@@H]4c5ccccc5-c5cncn54)[C@@H](O)C3)c2-c2cncn21. The summed E-state index contributed by atoms with van der Waals surface area (Å²) in [5, 5.41) is 22.2. The second-order valence-electron chi connectivity index (χ2n) is 11.2. The van der Waals surface area contributed by atoms with Crippen molar-refractivity contribution >= 4 is 0 Å². The van der Waals surface area contributed by atoms with Gasteiger partial charge >= 0.3 is 0 Å². The van der Waals surface area contributed by atoms with Crippen molar-refractivity contribution in [3.05, 3.63) is 84.2 Å². The average Bonchev–Trinajstić information content (AvgIpc) is 3.71. The van der Waals surface area contributed by atoms with Gasteiger partial charge in [0, 0.05) is 23.0 Å². The number of nitrogens with zero attached hydrogens (tertiary/aromatic N) is 4. The van der Waals surface area contributed by atoms with Gasteiger partial charge in [-0.3, -0.25) is 0 Å². The number of hydrogen-bond donors (Lipinski definition) is 2. The lowest BCUT2D eigenvalue weighted by atomic mass is 9.84. The summed E-state index contributed by atoms with van der Waals surface area (Å²) in [5.41, 5.74) is 8.76. The number of aromatic nitrogens is 4. The van der Waals surface area contributed by atoms with Gasteiger partial charge in [0.2, 0.25) is 0 Å². The van der Waals surface area contributed by atoms with E-state index in [1.807, 2.05) is 25.0 Å². The molecule has 8 rings (SSSR count). The summed E-state index contributed by atoms with van der Waals surface area (Å²) in [4.78, 5) is 8.95. The quantitative estimate of drug-likeness (QED) is 0.438. The summed E-state index contributed by atoms with van der Waals surface area (Å²) in [6.45, 7) is 0. The zero-order valence-electron chi connectivity index (χ0n) is 20.1. The molecular weight excluding hydrogens is 448 g/mol. The standard InChI is InChI=1S/C30H30N4O2/c35-26-10-4-8-21(26)30-22-9-3-7-18(28(22)25-14-32-16-34(25)30)17-11-23(27(36)12-17)29-20-6-2-1-5-19(20)24-13-31-15-33(24)29/h1-3,5-7,9,13-17,21,23,26-27,29-30,35-36H,4,8,10-12H2/t17?,21-,23+,26-,27-,29-,30-/m0/s1. The summed E-state index contributed by atoms with van der Waals surface area (Å²) in [6, 6.07) is 15.5. The topological polar surface area (TPSA) is 76.1 Å². The van der Waals surface area contributed by atoms with Gasteiger partial charge in [0.25, 0.3) is 0 Å². The van der Waals surface area contributed by atoms with Crippen LogP contribution in [0.5, 0.6) is 0 Å². The normalized spacial score (nSPS) is 31.9. The lowest BCUT2D eigenvalue weighted by molar-refractivity contribution is 0.112. The zero-order chi connectivity index (χ0) is 24.0. The smallest absolute Gasteiger partial charge is 0.0956 e. The number of hydrogen-bond acceptors (Lipinski definition) is 4. The maximum Gasteiger partial charge on any atom is 0.0956 e. The van der Waals surface area contributed by atoms with Crippen molar-refractivity contribution < 1.29 is 10.2 Å². The molecule has 0 amide bonds. The van der Waals surface area contributed by atoms with Gasteiger partial charge in [-0.2, -0.15) is 0 Å². The highest BCUT2D eigenvalue weighted by atomic mass is 16.3. The van der Waals surface area contributed by atoms with Crippen LogP contribution in [-0.2, 0) is 0 Å². The Kier molecular flexibility index (Phi) is 4.44. The highest BCUT2D eigenvalue weighted by Crippen LogP contribution is 2.55. The van der Waals surface area contributed by atoms with E-state index in [1.165, 1.54) is 27.8 Å². The molecule has 1 unspecified atom stereocenters. The van der Waals surface area contributed by atoms with Gasteiger partial charge in [-0.1, -0.05) is 48.9 Å². The summed E-state index contributed by atoms with van der Waals surface area (Å²) in [6.07, 6.45) is 11.9. The Morgan fingerprint density at radius 2 is 1.42 bits per heavy atom. The molecule has 6 heteroatoms. The summed E-state index contributed by atoms with van der Waals surface area (Å²) < 4.78 is 4.56. The molecule has 0 radical (unpaired) electrons. The molecule has 0 spiro atoms. The Bertz CT molecular complexity index is 1470. The molecule has 0 saturated heterocycles. The third-order valence-corrected chi connectivity index (χ3v) is 9.55. The van der Waals surface area contributed by atoms with Crippen LogP contribution in [-0.4, -0.2) is 41.5 Å². The fourth-order valence-electron chi connectivity index (χ4n) is 8.07. The van der Waals surface area contributed by atoms with Crippen molar-refractivity contribution in [1.82, 2.24) is 19.1 Å². The predicted octanol–water partition coefficient (Wildman–Crippen LogP) is 4.93. The molecule has 7 atom stereocenters. The van der Waals surface area contributed by atoms with Crippen molar-refractivity contribution in [2.75, 3.05) is 0 Å². The van der Waals surface area contributed by atoms with E-state index in [9.17, 15) is 10.2 Å². The largest absolute Gasteiger partial charge is 0.393 e. The number of fused-ring (bicyclic) bond motifs is 6. The average molecular weight is 479 g/mol. The van der Waals surface area contributed by atoms with Gasteiger partial charge < -0.3 is 19.3 Å². The van der Waals surface area contributed by atoms with Crippen LogP contribution in [0.4, 0.5) is 0 Å². The fraction of sp³-hybridized carbons (Fsp3) is 0.400. The third-order valence-electron chi connectivity index (χ3n) is 9.55. The van der Waals surface area contributed by atoms with E-state index >= 15 is 0 Å². The number of imidazole rings is 2. The molecule has 36 heavy (non-hydrogen) atoms. The Balaban J connectivity index is 1.19. The molecule has 0 bridgehead atoms. The molecule has 2 aliphatic heterocycles. The first-order valence-electron chi connectivity index (χ1n) is 13.3. The number of aliphatic hydroxyl groups is 2. The van der Waals surface area contributed by atoms with E-state index in [0.717, 1.165) is 43.5 Å². The molecule has 2 aromatic carbocycles. The molecular formula is C30H30N4O2. The molecule has 2 saturated carbocycles. The van der Waals surface area contributed by atoms with E-state index in [1.54, 1.807) is 0 Å². The van der Waals surface area contributed by atoms with Gasteiger partial charge in [-0.15, -0.1) is 0 Å². The van der Waals surface area contributed by atoms with E-state index in [4.69, 9.17) is 0 Å². The zero-order valence-corrected chi connectivity index (χ0v) is 20.1. The lowest BCUT2D eigenvalue weighted by Crippen LogP contribution is -2.24. The van der Waals surface area contributed by atoms with Gasteiger partial charge in [-0.05, 0) is 48.3 Å². The molecule has 4 aromatic rings. The van der Waals surface area contributed by atoms with Gasteiger partial charge in [0.05, 0.1) is 60.7 Å². The first-order chi connectivity index (χ1) is 17.7. The van der Waals surface area contributed by atoms with Crippen LogP contribution in [0.3, 0.4) is 0 Å². The minimum atomic E-state index is -0.379. The summed E-state index contributed by atoms with van der Waals surface area (Å²) in [5.74, 6) is 0.627. The fourth-order valence-corrected chi connectivity index (χ4v) is 8.07. The maximum atomic E-state index is 11.4. The third kappa shape index (κ3) is 2.74. The van der Waals surface area contributed by atoms with Crippen LogP contribution in [0.1, 0.15) is 66.8 Å². The maximum absolute atomic E-state index is 11.4. The van der Waals surface area contributed by atoms with Crippen molar-refractivity contribution in [1.29, 1.82) is 0 Å². The molecule has 182 valence electrons. The van der Waals surface area contributed by atoms with Crippen LogP contribution in [0.2, 0.25) is 0 Å². The molecule has 4 aliphatic rings. The predicted molar refractivity (Wildman–Crippen MR) is 136 cm³/mol. The van der Waals surface area contributed by atoms with Crippen molar-refractivity contribution in [2.45, 2.75) is 62.3 Å². The second-order valence-corrected chi connectivity index (χ2v) is 11.2. The van der Waals surface area contributed by atoms with Gasteiger partial charge in [-0.25, -0.2) is 9.97 Å². The first-order valence-corrected chi connectivity index (χ1v) is 13.3. The van der Waals surface area contributed by atoms with Crippen LogP contribution in [0.25, 0.3) is 22.5 Å². The monoisotopic (exact) mass is 478 g/mol. The van der Waals surface area contributed by atoms with Gasteiger partial charge in [0.1, 0.15) is 0 Å². The van der Waals surface area contributed by atoms with Crippen LogP contribution >= 0.6 is 0 Å². The minimum Gasteiger partial charge on any atom is -0.393 e. The van der Waals surface area contributed by atoms with E-state index < -0.39 is 0 Å². The van der Waals surface area contributed by atoms with Crippen molar-refractivity contribution in [2.24, 2.45) is 11.8 Å². The highest BCUT2D eigenvalue weighted by Gasteiger charge is 2.46. The Labute approximate surface area is 210 Å². The van der Waals surface area contributed by atoms with Crippen LogP contribution < -0.4 is 0 Å². The first kappa shape index (κ1) is 20.9. The second kappa shape index (κ2) is 7.64. The van der Waals surface area contributed by atoms with E-state index in [0.29, 0.717) is 0 Å². The van der Waals surface area contributed by atoms with E-state index in [-0.39, 0.29) is 42.0 Å². The molecule has 6 nitrogen and oxygen atoms in total. The molecule has 4 heterocycles. The Morgan fingerprint density at radius 1 is 0.694 bits per heavy atom. The summed E-state index contributed by atoms with van der Waals surface area (Å²) in [7, 11) is 0. The number of rotatable bonds is 3. The minimum absolute atomic E-state index is 0.113. The van der Waals surface area contributed by atoms with Gasteiger partial charge in [0.15, 0.2) is 0 Å². The molecule has 2 aromatic heterocycles. The molecule has 2 fully saturated rings.